The van der Waals surface area contributed by atoms with Crippen molar-refractivity contribution in [3.63, 3.8) is 0 Å². The van der Waals surface area contributed by atoms with Gasteiger partial charge in [-0.2, -0.15) is 0 Å². The molecule has 2 N–H and O–H groups in total. The van der Waals surface area contributed by atoms with Crippen LogP contribution in [0.3, 0.4) is 0 Å². The van der Waals surface area contributed by atoms with Crippen LogP contribution in [0, 0.1) is 6.92 Å². The van der Waals surface area contributed by atoms with Crippen LogP contribution in [0.4, 0.5) is 5.13 Å². The molecule has 0 amide bonds. The van der Waals surface area contributed by atoms with E-state index in [0.717, 1.165) is 44.3 Å². The lowest BCUT2D eigenvalue weighted by atomic mass is 10.3. The van der Waals surface area contributed by atoms with E-state index in [4.69, 9.17) is 5.73 Å². The molecule has 116 valence electrons. The zero-order valence-corrected chi connectivity index (χ0v) is 14.4. The highest BCUT2D eigenvalue weighted by atomic mass is 35.5. The first-order chi connectivity index (χ1) is 9.69. The SMILES string of the molecule is Cc1ncc(CN2CCN(Cc3cnc(N)s3)CC2)s1.Cl. The molecule has 0 atom stereocenters. The lowest BCUT2D eigenvalue weighted by Crippen LogP contribution is -2.45. The zero-order chi connectivity index (χ0) is 13.9. The molecule has 0 unspecified atom stereocenters. The van der Waals surface area contributed by atoms with E-state index >= 15 is 0 Å². The van der Waals surface area contributed by atoms with Crippen molar-refractivity contribution < 1.29 is 0 Å². The van der Waals surface area contributed by atoms with Crippen LogP contribution in [0.1, 0.15) is 14.8 Å². The fourth-order valence-electron chi connectivity index (χ4n) is 2.42. The molecule has 0 radical (unpaired) electrons. The minimum atomic E-state index is 0. The Labute approximate surface area is 139 Å². The number of piperazine rings is 1. The maximum Gasteiger partial charge on any atom is 0.180 e. The van der Waals surface area contributed by atoms with E-state index in [1.165, 1.54) is 9.75 Å². The summed E-state index contributed by atoms with van der Waals surface area (Å²) in [6.45, 7) is 8.52. The highest BCUT2D eigenvalue weighted by Crippen LogP contribution is 2.19. The van der Waals surface area contributed by atoms with Crippen molar-refractivity contribution >= 4 is 40.2 Å². The third-order valence-corrected chi connectivity index (χ3v) is 5.17. The number of thiazole rings is 2. The fourth-order valence-corrected chi connectivity index (χ4v) is 3.98. The van der Waals surface area contributed by atoms with E-state index in [9.17, 15) is 0 Å². The predicted octanol–water partition coefficient (Wildman–Crippen LogP) is 2.23. The Kier molecular flexibility index (Phi) is 5.95. The molecule has 2 aromatic rings. The molecule has 0 bridgehead atoms. The number of nitrogens with zero attached hydrogens (tertiary/aromatic N) is 4. The number of anilines is 1. The van der Waals surface area contributed by atoms with Crippen molar-refractivity contribution in [1.29, 1.82) is 0 Å². The summed E-state index contributed by atoms with van der Waals surface area (Å²) in [5.74, 6) is 0. The second-order valence-electron chi connectivity index (χ2n) is 5.06. The molecule has 0 spiro atoms. The van der Waals surface area contributed by atoms with Crippen molar-refractivity contribution in [1.82, 2.24) is 19.8 Å². The number of aromatic nitrogens is 2. The molecule has 21 heavy (non-hydrogen) atoms. The van der Waals surface area contributed by atoms with Gasteiger partial charge in [0, 0.05) is 61.4 Å². The topological polar surface area (TPSA) is 58.3 Å². The van der Waals surface area contributed by atoms with Crippen LogP contribution in [-0.2, 0) is 13.1 Å². The van der Waals surface area contributed by atoms with Crippen LogP contribution in [0.25, 0.3) is 0 Å². The number of aryl methyl sites for hydroxylation is 1. The predicted molar refractivity (Wildman–Crippen MR) is 91.2 cm³/mol. The molecule has 0 aromatic carbocycles. The van der Waals surface area contributed by atoms with Gasteiger partial charge in [0.05, 0.1) is 5.01 Å². The monoisotopic (exact) mass is 345 g/mol. The van der Waals surface area contributed by atoms with Crippen molar-refractivity contribution in [2.45, 2.75) is 20.0 Å². The molecule has 1 fully saturated rings. The fraction of sp³-hybridized carbons (Fsp3) is 0.538. The van der Waals surface area contributed by atoms with Gasteiger partial charge in [-0.1, -0.05) is 0 Å². The highest BCUT2D eigenvalue weighted by Gasteiger charge is 2.18. The molecule has 2 aromatic heterocycles. The minimum Gasteiger partial charge on any atom is -0.375 e. The van der Waals surface area contributed by atoms with E-state index in [1.807, 2.05) is 12.4 Å². The van der Waals surface area contributed by atoms with E-state index in [-0.39, 0.29) is 12.4 Å². The smallest absolute Gasteiger partial charge is 0.180 e. The van der Waals surface area contributed by atoms with Gasteiger partial charge in [-0.15, -0.1) is 35.1 Å². The Hall–Kier alpha value is -0.730. The van der Waals surface area contributed by atoms with Crippen LogP contribution in [0.15, 0.2) is 12.4 Å². The third-order valence-electron chi connectivity index (χ3n) is 3.46. The average Bonchev–Trinajstić information content (AvgIpc) is 3.01. The molecular formula is C13H20ClN5S2. The maximum atomic E-state index is 5.67. The number of nitrogens with two attached hydrogens (primary N) is 1. The van der Waals surface area contributed by atoms with E-state index < -0.39 is 0 Å². The van der Waals surface area contributed by atoms with Crippen molar-refractivity contribution in [3.8, 4) is 0 Å². The Bertz CT molecular complexity index is 512. The lowest BCUT2D eigenvalue weighted by molar-refractivity contribution is 0.123. The Morgan fingerprint density at radius 2 is 1.52 bits per heavy atom. The van der Waals surface area contributed by atoms with Crippen LogP contribution >= 0.6 is 35.1 Å². The molecule has 3 heterocycles. The van der Waals surface area contributed by atoms with E-state index in [1.54, 1.807) is 22.7 Å². The van der Waals surface area contributed by atoms with Crippen LogP contribution in [0.2, 0.25) is 0 Å². The highest BCUT2D eigenvalue weighted by molar-refractivity contribution is 7.15. The number of halogens is 1. The summed E-state index contributed by atoms with van der Waals surface area (Å²) in [5.41, 5.74) is 5.67. The molecule has 0 saturated carbocycles. The van der Waals surface area contributed by atoms with Gasteiger partial charge in [0.25, 0.3) is 0 Å². The first kappa shape index (κ1) is 16.6. The van der Waals surface area contributed by atoms with Gasteiger partial charge in [-0.05, 0) is 6.92 Å². The zero-order valence-electron chi connectivity index (χ0n) is 12.0. The summed E-state index contributed by atoms with van der Waals surface area (Å²) in [4.78, 5) is 16.0. The number of rotatable bonds is 4. The molecular weight excluding hydrogens is 326 g/mol. The molecule has 8 heteroatoms. The Morgan fingerprint density at radius 3 is 1.95 bits per heavy atom. The number of hydrogen-bond donors (Lipinski definition) is 1. The molecule has 1 aliphatic rings. The second kappa shape index (κ2) is 7.51. The summed E-state index contributed by atoms with van der Waals surface area (Å²) in [7, 11) is 0. The van der Waals surface area contributed by atoms with Gasteiger partial charge in [-0.3, -0.25) is 9.80 Å². The normalized spacial score (nSPS) is 16.8. The summed E-state index contributed by atoms with van der Waals surface area (Å²) in [6.07, 6.45) is 3.90. The molecule has 1 aliphatic heterocycles. The minimum absolute atomic E-state index is 0. The Morgan fingerprint density at radius 1 is 1.00 bits per heavy atom. The number of hydrogen-bond acceptors (Lipinski definition) is 7. The van der Waals surface area contributed by atoms with E-state index in [0.29, 0.717) is 5.13 Å². The maximum absolute atomic E-state index is 5.67. The van der Waals surface area contributed by atoms with Crippen LogP contribution in [0.5, 0.6) is 0 Å². The Balaban J connectivity index is 0.00000161. The van der Waals surface area contributed by atoms with E-state index in [2.05, 4.69) is 26.7 Å². The first-order valence-electron chi connectivity index (χ1n) is 6.75. The summed E-state index contributed by atoms with van der Waals surface area (Å²) < 4.78 is 0. The quantitative estimate of drug-likeness (QED) is 0.920. The van der Waals surface area contributed by atoms with Crippen molar-refractivity contribution in [2.24, 2.45) is 0 Å². The molecule has 1 saturated heterocycles. The van der Waals surface area contributed by atoms with Gasteiger partial charge in [-0.25, -0.2) is 9.97 Å². The molecule has 3 rings (SSSR count). The van der Waals surface area contributed by atoms with Gasteiger partial charge in [0.15, 0.2) is 5.13 Å². The van der Waals surface area contributed by atoms with Crippen LogP contribution < -0.4 is 5.73 Å². The van der Waals surface area contributed by atoms with Gasteiger partial charge in [0.2, 0.25) is 0 Å². The summed E-state index contributed by atoms with van der Waals surface area (Å²) in [6, 6.07) is 0. The molecule has 0 aliphatic carbocycles. The van der Waals surface area contributed by atoms with Crippen molar-refractivity contribution in [2.75, 3.05) is 31.9 Å². The largest absolute Gasteiger partial charge is 0.375 e. The standard InChI is InChI=1S/C13H19N5S2.ClH/c1-10-15-6-11(19-10)8-17-2-4-18(5-3-17)9-12-7-16-13(14)20-12;/h6-7H,2-5,8-9H2,1H3,(H2,14,16);1H. The summed E-state index contributed by atoms with van der Waals surface area (Å²) >= 11 is 3.39. The first-order valence-corrected chi connectivity index (χ1v) is 8.38. The lowest BCUT2D eigenvalue weighted by Gasteiger charge is -2.34. The van der Waals surface area contributed by atoms with Gasteiger partial charge >= 0.3 is 0 Å². The molecule has 5 nitrogen and oxygen atoms in total. The van der Waals surface area contributed by atoms with Gasteiger partial charge in [0.1, 0.15) is 0 Å². The second-order valence-corrected chi connectivity index (χ2v) is 7.53. The third kappa shape index (κ3) is 4.62. The average molecular weight is 346 g/mol. The summed E-state index contributed by atoms with van der Waals surface area (Å²) in [5, 5.41) is 1.82. The van der Waals surface area contributed by atoms with Crippen molar-refractivity contribution in [3.05, 3.63) is 27.2 Å². The number of nitrogen functional groups attached to an aromatic ring is 1. The van der Waals surface area contributed by atoms with Gasteiger partial charge < -0.3 is 5.73 Å². The van der Waals surface area contributed by atoms with Crippen LogP contribution in [-0.4, -0.2) is 45.9 Å².